The topological polar surface area (TPSA) is 122 Å². The summed E-state index contributed by atoms with van der Waals surface area (Å²) in [5.74, 6) is 0.166. The Bertz CT molecular complexity index is 259. The molecule has 0 fully saturated rings. The lowest BCUT2D eigenvalue weighted by Crippen LogP contribution is -2.28. The molecule has 7 N–H and O–H groups in total. The van der Waals surface area contributed by atoms with Crippen LogP contribution >= 0.6 is 0 Å². The van der Waals surface area contributed by atoms with Gasteiger partial charge < -0.3 is 27.4 Å². The van der Waals surface area contributed by atoms with Crippen molar-refractivity contribution in [2.45, 2.75) is 44.9 Å². The van der Waals surface area contributed by atoms with E-state index in [0.29, 0.717) is 32.5 Å². The molecule has 0 rings (SSSR count). The van der Waals surface area contributed by atoms with Crippen LogP contribution in [0.25, 0.3) is 0 Å². The highest BCUT2D eigenvalue weighted by molar-refractivity contribution is 5.76. The fourth-order valence-electron chi connectivity index (χ4n) is 1.87. The first-order chi connectivity index (χ1) is 10.7. The molecule has 0 aromatic carbocycles. The van der Waals surface area contributed by atoms with Crippen LogP contribution in [0.1, 0.15) is 44.9 Å². The molecule has 2 amide bonds. The molecule has 0 aromatic rings. The summed E-state index contributed by atoms with van der Waals surface area (Å²) < 4.78 is 0. The van der Waals surface area contributed by atoms with E-state index in [1.165, 1.54) is 0 Å². The molecule has 0 saturated heterocycles. The van der Waals surface area contributed by atoms with E-state index in [1.54, 1.807) is 0 Å². The smallest absolute Gasteiger partial charge is 0.220 e. The summed E-state index contributed by atoms with van der Waals surface area (Å²) in [5, 5.41) is 9.07. The van der Waals surface area contributed by atoms with E-state index in [4.69, 9.17) is 11.5 Å². The van der Waals surface area contributed by atoms with Crippen molar-refractivity contribution in [2.24, 2.45) is 11.5 Å². The quantitative estimate of drug-likeness (QED) is 0.260. The Morgan fingerprint density at radius 3 is 1.64 bits per heavy atom. The van der Waals surface area contributed by atoms with Crippen molar-refractivity contribution in [3.63, 3.8) is 0 Å². The van der Waals surface area contributed by atoms with Gasteiger partial charge in [0.25, 0.3) is 0 Å². The first-order valence-electron chi connectivity index (χ1n) is 8.35. The van der Waals surface area contributed by atoms with Crippen molar-refractivity contribution in [3.05, 3.63) is 0 Å². The number of carbonyl (C=O) groups is 2. The van der Waals surface area contributed by atoms with E-state index < -0.39 is 0 Å². The molecule has 0 spiro atoms. The molecular weight excluding hydrogens is 282 g/mol. The molecule has 0 bridgehead atoms. The molecule has 0 atom stereocenters. The number of hydrogen-bond acceptors (Lipinski definition) is 5. The number of nitrogens with one attached hydrogen (secondary N) is 3. The highest BCUT2D eigenvalue weighted by Crippen LogP contribution is 1.89. The molecule has 130 valence electrons. The summed E-state index contributed by atoms with van der Waals surface area (Å²) in [6.45, 7) is 4.36. The van der Waals surface area contributed by atoms with E-state index in [0.717, 1.165) is 51.7 Å². The third kappa shape index (κ3) is 15.2. The minimum absolute atomic E-state index is 0.0795. The van der Waals surface area contributed by atoms with Gasteiger partial charge in [0.15, 0.2) is 0 Å². The lowest BCUT2D eigenvalue weighted by molar-refractivity contribution is -0.122. The van der Waals surface area contributed by atoms with Gasteiger partial charge in [-0.1, -0.05) is 0 Å². The van der Waals surface area contributed by atoms with E-state index in [2.05, 4.69) is 16.0 Å². The number of nitrogens with two attached hydrogens (primary N) is 2. The maximum absolute atomic E-state index is 11.3. The highest BCUT2D eigenvalue weighted by atomic mass is 16.2. The minimum atomic E-state index is 0.0795. The minimum Gasteiger partial charge on any atom is -0.356 e. The van der Waals surface area contributed by atoms with Crippen molar-refractivity contribution in [3.8, 4) is 0 Å². The van der Waals surface area contributed by atoms with E-state index in [9.17, 15) is 9.59 Å². The van der Waals surface area contributed by atoms with E-state index in [1.807, 2.05) is 0 Å². The molecule has 0 aromatic heterocycles. The number of carbonyl (C=O) groups excluding carboxylic acids is 2. The number of rotatable bonds is 15. The summed E-state index contributed by atoms with van der Waals surface area (Å²) in [4.78, 5) is 22.6. The van der Waals surface area contributed by atoms with Crippen molar-refractivity contribution >= 4 is 11.8 Å². The molecular formula is C15H33N5O2. The third-order valence-corrected chi connectivity index (χ3v) is 3.17. The second-order valence-corrected chi connectivity index (χ2v) is 5.30. The van der Waals surface area contributed by atoms with Crippen LogP contribution in [-0.4, -0.2) is 51.1 Å². The molecule has 0 heterocycles. The standard InChI is InChI=1S/C15H33N5O2/c16-8-3-6-14(21)19-12-2-1-10-18-11-5-13-20-15(22)7-4-9-17/h18H,1-13,16-17H2,(H,19,21)(H,20,22). The van der Waals surface area contributed by atoms with Gasteiger partial charge >= 0.3 is 0 Å². The lowest BCUT2D eigenvalue weighted by atomic mass is 10.2. The first-order valence-corrected chi connectivity index (χ1v) is 8.35. The van der Waals surface area contributed by atoms with Gasteiger partial charge in [-0.25, -0.2) is 0 Å². The zero-order valence-corrected chi connectivity index (χ0v) is 13.7. The monoisotopic (exact) mass is 315 g/mol. The van der Waals surface area contributed by atoms with Crippen LogP contribution in [-0.2, 0) is 9.59 Å². The second-order valence-electron chi connectivity index (χ2n) is 5.30. The number of unbranched alkanes of at least 4 members (excludes halogenated alkanes) is 1. The molecule has 0 aliphatic carbocycles. The Labute approximate surface area is 134 Å². The Hall–Kier alpha value is -1.18. The van der Waals surface area contributed by atoms with Crippen molar-refractivity contribution in [1.29, 1.82) is 0 Å². The predicted octanol–water partition coefficient (Wildman–Crippen LogP) is -0.543. The lowest BCUT2D eigenvalue weighted by Gasteiger charge is -2.07. The zero-order valence-electron chi connectivity index (χ0n) is 13.7. The Kier molecular flexibility index (Phi) is 15.3. The van der Waals surface area contributed by atoms with Crippen LogP contribution in [0.5, 0.6) is 0 Å². The van der Waals surface area contributed by atoms with Crippen LogP contribution in [0.15, 0.2) is 0 Å². The van der Waals surface area contributed by atoms with Gasteiger partial charge in [-0.2, -0.15) is 0 Å². The second kappa shape index (κ2) is 16.2. The van der Waals surface area contributed by atoms with Crippen LogP contribution in [0.3, 0.4) is 0 Å². The van der Waals surface area contributed by atoms with Crippen LogP contribution < -0.4 is 27.4 Å². The van der Waals surface area contributed by atoms with Gasteiger partial charge in [-0.15, -0.1) is 0 Å². The fourth-order valence-corrected chi connectivity index (χ4v) is 1.87. The molecule has 0 unspecified atom stereocenters. The van der Waals surface area contributed by atoms with E-state index >= 15 is 0 Å². The third-order valence-electron chi connectivity index (χ3n) is 3.17. The van der Waals surface area contributed by atoms with Gasteiger partial charge in [-0.3, -0.25) is 9.59 Å². The Morgan fingerprint density at radius 2 is 1.09 bits per heavy atom. The van der Waals surface area contributed by atoms with Gasteiger partial charge in [0, 0.05) is 25.9 Å². The Balaban J connectivity index is 3.17. The SMILES string of the molecule is NCCCC(=O)NCCCCNCCCNC(=O)CCCN. The molecule has 0 aliphatic heterocycles. The van der Waals surface area contributed by atoms with Crippen molar-refractivity contribution in [1.82, 2.24) is 16.0 Å². The van der Waals surface area contributed by atoms with Crippen molar-refractivity contribution < 1.29 is 9.59 Å². The van der Waals surface area contributed by atoms with Gasteiger partial charge in [-0.05, 0) is 58.3 Å². The van der Waals surface area contributed by atoms with Crippen LogP contribution in [0.4, 0.5) is 0 Å². The zero-order chi connectivity index (χ0) is 16.5. The van der Waals surface area contributed by atoms with Crippen LogP contribution in [0.2, 0.25) is 0 Å². The summed E-state index contributed by atoms with van der Waals surface area (Å²) in [6.07, 6.45) is 5.44. The van der Waals surface area contributed by atoms with E-state index in [-0.39, 0.29) is 11.8 Å². The largest absolute Gasteiger partial charge is 0.356 e. The first kappa shape index (κ1) is 20.8. The maximum atomic E-state index is 11.3. The van der Waals surface area contributed by atoms with Gasteiger partial charge in [0.05, 0.1) is 0 Å². The van der Waals surface area contributed by atoms with Gasteiger partial charge in [0.1, 0.15) is 0 Å². The molecule has 7 nitrogen and oxygen atoms in total. The molecule has 22 heavy (non-hydrogen) atoms. The average molecular weight is 315 g/mol. The predicted molar refractivity (Wildman–Crippen MR) is 89.3 cm³/mol. The van der Waals surface area contributed by atoms with Crippen LogP contribution in [0, 0.1) is 0 Å². The Morgan fingerprint density at radius 1 is 0.636 bits per heavy atom. The maximum Gasteiger partial charge on any atom is 0.220 e. The summed E-state index contributed by atoms with van der Waals surface area (Å²) in [6, 6.07) is 0. The molecule has 7 heteroatoms. The number of hydrogen-bond donors (Lipinski definition) is 5. The number of amides is 2. The summed E-state index contributed by atoms with van der Waals surface area (Å²) >= 11 is 0. The normalized spacial score (nSPS) is 10.5. The van der Waals surface area contributed by atoms with Crippen molar-refractivity contribution in [2.75, 3.05) is 39.3 Å². The molecule has 0 saturated carbocycles. The average Bonchev–Trinajstić information content (AvgIpc) is 2.52. The molecule has 0 aliphatic rings. The highest BCUT2D eigenvalue weighted by Gasteiger charge is 2.00. The fraction of sp³-hybridized carbons (Fsp3) is 0.867. The summed E-state index contributed by atoms with van der Waals surface area (Å²) in [7, 11) is 0. The van der Waals surface area contributed by atoms with Gasteiger partial charge in [0.2, 0.25) is 11.8 Å². The molecule has 0 radical (unpaired) electrons. The summed E-state index contributed by atoms with van der Waals surface area (Å²) in [5.41, 5.74) is 10.7.